The third-order valence-electron chi connectivity index (χ3n) is 6.25. The van der Waals surface area contributed by atoms with Gasteiger partial charge in [-0.25, -0.2) is 21.8 Å². The van der Waals surface area contributed by atoms with Gasteiger partial charge >= 0.3 is 12.4 Å². The van der Waals surface area contributed by atoms with Crippen LogP contribution < -0.4 is 0 Å². The summed E-state index contributed by atoms with van der Waals surface area (Å²) in [7, 11) is -8.42. The quantitative estimate of drug-likeness (QED) is 0.497. The molecule has 1 aliphatic rings. The Labute approximate surface area is 209 Å². The zero-order chi connectivity index (χ0) is 28.0. The first kappa shape index (κ1) is 28.9. The van der Waals surface area contributed by atoms with Gasteiger partial charge in [0.25, 0.3) is 5.91 Å². The Hall–Kier alpha value is -2.68. The Morgan fingerprint density at radius 2 is 1.54 bits per heavy atom. The Balaban J connectivity index is 1.79. The van der Waals surface area contributed by atoms with Crippen molar-refractivity contribution in [3.63, 3.8) is 0 Å². The van der Waals surface area contributed by atoms with Gasteiger partial charge in [-0.1, -0.05) is 6.07 Å². The van der Waals surface area contributed by atoms with Gasteiger partial charge in [-0.2, -0.15) is 26.3 Å². The van der Waals surface area contributed by atoms with E-state index >= 15 is 0 Å². The number of aromatic nitrogens is 1. The van der Waals surface area contributed by atoms with Crippen LogP contribution in [0.4, 0.5) is 26.3 Å². The fraction of sp³-hybridized carbons (Fsp3) is 0.455. The van der Waals surface area contributed by atoms with Crippen LogP contribution in [0.3, 0.4) is 0 Å². The van der Waals surface area contributed by atoms with Crippen LogP contribution in [-0.4, -0.2) is 57.2 Å². The highest BCUT2D eigenvalue weighted by molar-refractivity contribution is 7.92. The first-order valence-electron chi connectivity index (χ1n) is 10.8. The third-order valence-corrected chi connectivity index (χ3v) is 9.64. The standard InChI is InChI=1S/C22H22F6N2O5S2/c1-13(37(34,35)17-5-3-4-15(10-17)21(23,24)25)14-6-8-30(9-7-14)20(31)19-18(36(2,32)33)11-16(12-29-19)22(26,27)28/h3-5,10-14H,6-9H2,1-2H3/t13-/m0/s1. The van der Waals surface area contributed by atoms with Gasteiger partial charge in [0.1, 0.15) is 5.69 Å². The van der Waals surface area contributed by atoms with Crippen molar-refractivity contribution in [2.45, 2.75) is 47.2 Å². The summed E-state index contributed by atoms with van der Waals surface area (Å²) in [5.41, 5.74) is -3.12. The number of piperidine rings is 1. The monoisotopic (exact) mass is 572 g/mol. The molecule has 2 aromatic rings. The SMILES string of the molecule is C[C@@H](C1CCN(C(=O)c2ncc(C(F)(F)F)cc2S(C)(=O)=O)CC1)S(=O)(=O)c1cccc(C(F)(F)F)c1. The Morgan fingerprint density at radius 1 is 0.973 bits per heavy atom. The van der Waals surface area contributed by atoms with Crippen LogP contribution in [0.15, 0.2) is 46.3 Å². The third kappa shape index (κ3) is 6.25. The number of rotatable bonds is 5. The molecule has 1 fully saturated rings. The van der Waals surface area contributed by atoms with Crippen molar-refractivity contribution in [1.82, 2.24) is 9.88 Å². The summed E-state index contributed by atoms with van der Waals surface area (Å²) >= 11 is 0. The molecule has 0 unspecified atom stereocenters. The van der Waals surface area contributed by atoms with Gasteiger partial charge in [0.2, 0.25) is 0 Å². The van der Waals surface area contributed by atoms with Crippen LogP contribution in [0.25, 0.3) is 0 Å². The van der Waals surface area contributed by atoms with Gasteiger partial charge in [-0.05, 0) is 49.9 Å². The molecule has 1 saturated heterocycles. The van der Waals surface area contributed by atoms with E-state index in [1.54, 1.807) is 0 Å². The largest absolute Gasteiger partial charge is 0.417 e. The van der Waals surface area contributed by atoms with E-state index in [2.05, 4.69) is 4.98 Å². The lowest BCUT2D eigenvalue weighted by Crippen LogP contribution is -2.43. The number of likely N-dealkylation sites (tertiary alicyclic amines) is 1. The molecule has 3 rings (SSSR count). The molecule has 7 nitrogen and oxygen atoms in total. The van der Waals surface area contributed by atoms with Crippen molar-refractivity contribution in [1.29, 1.82) is 0 Å². The predicted molar refractivity (Wildman–Crippen MR) is 119 cm³/mol. The highest BCUT2D eigenvalue weighted by Crippen LogP contribution is 2.35. The molecule has 0 N–H and O–H groups in total. The molecule has 1 aromatic heterocycles. The van der Waals surface area contributed by atoms with Gasteiger partial charge in [0.05, 0.1) is 26.2 Å². The average Bonchev–Trinajstić information content (AvgIpc) is 2.81. The second kappa shape index (κ2) is 9.89. The minimum Gasteiger partial charge on any atom is -0.337 e. The lowest BCUT2D eigenvalue weighted by molar-refractivity contribution is -0.138. The number of alkyl halides is 6. The van der Waals surface area contributed by atoms with Gasteiger partial charge < -0.3 is 4.90 Å². The molecule has 1 aromatic carbocycles. The number of nitrogens with zero attached hydrogens (tertiary/aromatic N) is 2. The van der Waals surface area contributed by atoms with Crippen molar-refractivity contribution >= 4 is 25.6 Å². The Kier molecular flexibility index (Phi) is 7.72. The molecule has 204 valence electrons. The zero-order valence-electron chi connectivity index (χ0n) is 19.5. The first-order valence-corrected chi connectivity index (χ1v) is 14.2. The molecule has 0 radical (unpaired) electrons. The van der Waals surface area contributed by atoms with Crippen molar-refractivity contribution in [2.75, 3.05) is 19.3 Å². The number of carbonyl (C=O) groups excluding carboxylic acids is 1. The average molecular weight is 573 g/mol. The van der Waals surface area contributed by atoms with Crippen LogP contribution in [0, 0.1) is 5.92 Å². The lowest BCUT2D eigenvalue weighted by atomic mass is 9.94. The summed E-state index contributed by atoms with van der Waals surface area (Å²) < 4.78 is 128. The van der Waals surface area contributed by atoms with Crippen LogP contribution in [-0.2, 0) is 32.0 Å². The van der Waals surface area contributed by atoms with Gasteiger partial charge in [-0.3, -0.25) is 4.79 Å². The van der Waals surface area contributed by atoms with E-state index in [-0.39, 0.29) is 25.9 Å². The van der Waals surface area contributed by atoms with E-state index in [1.165, 1.54) is 6.92 Å². The first-order chi connectivity index (χ1) is 16.8. The van der Waals surface area contributed by atoms with Crippen LogP contribution in [0.2, 0.25) is 0 Å². The van der Waals surface area contributed by atoms with Crippen molar-refractivity contribution < 1.29 is 48.0 Å². The van der Waals surface area contributed by atoms with Gasteiger partial charge in [0, 0.05) is 25.5 Å². The highest BCUT2D eigenvalue weighted by Gasteiger charge is 2.38. The normalized spacial score (nSPS) is 17.0. The van der Waals surface area contributed by atoms with Crippen molar-refractivity contribution in [2.24, 2.45) is 5.92 Å². The molecule has 37 heavy (non-hydrogen) atoms. The maximum Gasteiger partial charge on any atom is 0.417 e. The van der Waals surface area contributed by atoms with E-state index < -0.39 is 75.7 Å². The highest BCUT2D eigenvalue weighted by atomic mass is 32.2. The van der Waals surface area contributed by atoms with Crippen molar-refractivity contribution in [3.05, 3.63) is 53.3 Å². The van der Waals surface area contributed by atoms with Gasteiger partial charge in [-0.15, -0.1) is 0 Å². The van der Waals surface area contributed by atoms with Crippen LogP contribution in [0.5, 0.6) is 0 Å². The lowest BCUT2D eigenvalue weighted by Gasteiger charge is -2.34. The predicted octanol–water partition coefficient (Wildman–Crippen LogP) is 4.24. The molecular formula is C22H22F6N2O5S2. The van der Waals surface area contributed by atoms with E-state index in [0.29, 0.717) is 24.6 Å². The maximum absolute atomic E-state index is 13.0. The smallest absolute Gasteiger partial charge is 0.337 e. The molecule has 0 bridgehead atoms. The second-order valence-electron chi connectivity index (χ2n) is 8.75. The maximum atomic E-state index is 13.0. The number of amides is 1. The van der Waals surface area contributed by atoms with Gasteiger partial charge in [0.15, 0.2) is 19.7 Å². The minimum absolute atomic E-state index is 0.0577. The number of sulfone groups is 2. The molecule has 0 aliphatic carbocycles. The molecule has 15 heteroatoms. The number of halogens is 6. The summed E-state index contributed by atoms with van der Waals surface area (Å²) in [6, 6.07) is 3.73. The number of hydrogen-bond acceptors (Lipinski definition) is 6. The summed E-state index contributed by atoms with van der Waals surface area (Å²) in [4.78, 5) is 16.2. The summed E-state index contributed by atoms with van der Waals surface area (Å²) in [5, 5.41) is -1.09. The summed E-state index contributed by atoms with van der Waals surface area (Å²) in [6.45, 7) is 1.24. The number of benzene rings is 1. The minimum atomic E-state index is -4.88. The topological polar surface area (TPSA) is 101 Å². The molecule has 2 heterocycles. The molecule has 1 amide bonds. The molecule has 1 atom stereocenters. The fourth-order valence-electron chi connectivity index (χ4n) is 4.08. The molecule has 0 saturated carbocycles. The molecule has 0 spiro atoms. The van der Waals surface area contributed by atoms with E-state index in [9.17, 15) is 48.0 Å². The molecular weight excluding hydrogens is 550 g/mol. The summed E-state index contributed by atoms with van der Waals surface area (Å²) in [6.07, 6.45) is -8.38. The molecule has 1 aliphatic heterocycles. The van der Waals surface area contributed by atoms with Crippen molar-refractivity contribution in [3.8, 4) is 0 Å². The van der Waals surface area contributed by atoms with Crippen LogP contribution >= 0.6 is 0 Å². The Bertz CT molecular complexity index is 1400. The Morgan fingerprint density at radius 3 is 2.05 bits per heavy atom. The number of hydrogen-bond donors (Lipinski definition) is 0. The summed E-state index contributed by atoms with van der Waals surface area (Å²) in [5.74, 6) is -1.47. The van der Waals surface area contributed by atoms with E-state index in [0.717, 1.165) is 23.1 Å². The zero-order valence-corrected chi connectivity index (χ0v) is 21.1. The number of pyridine rings is 1. The fourth-order valence-corrected chi connectivity index (χ4v) is 6.68. The van der Waals surface area contributed by atoms with E-state index in [4.69, 9.17) is 0 Å². The van der Waals surface area contributed by atoms with Crippen LogP contribution in [0.1, 0.15) is 41.4 Å². The number of carbonyl (C=O) groups is 1. The second-order valence-corrected chi connectivity index (χ2v) is 13.0. The van der Waals surface area contributed by atoms with E-state index in [1.807, 2.05) is 0 Å².